The Balaban J connectivity index is 1.71. The van der Waals surface area contributed by atoms with Crippen LogP contribution in [0.25, 0.3) is 10.2 Å². The van der Waals surface area contributed by atoms with E-state index in [1.807, 2.05) is 43.1 Å². The number of hydrogen-bond donors (Lipinski definition) is 0. The molecule has 0 fully saturated rings. The highest BCUT2D eigenvalue weighted by atomic mass is 79.9. The Morgan fingerprint density at radius 3 is 2.77 bits per heavy atom. The van der Waals surface area contributed by atoms with Gasteiger partial charge in [-0.1, -0.05) is 39.4 Å². The van der Waals surface area contributed by atoms with Crippen LogP contribution in [0.15, 0.2) is 46.9 Å². The fraction of sp³-hybridized carbons (Fsp3) is 0.263. The van der Waals surface area contributed by atoms with E-state index in [0.29, 0.717) is 23.8 Å². The zero-order chi connectivity index (χ0) is 18.7. The van der Waals surface area contributed by atoms with Gasteiger partial charge in [0.1, 0.15) is 5.82 Å². The third-order valence-corrected chi connectivity index (χ3v) is 5.54. The average molecular weight is 436 g/mol. The fourth-order valence-corrected chi connectivity index (χ4v) is 4.18. The number of para-hydroxylation sites is 1. The first-order chi connectivity index (χ1) is 12.5. The summed E-state index contributed by atoms with van der Waals surface area (Å²) in [5.41, 5.74) is 1.45. The van der Waals surface area contributed by atoms with Crippen molar-refractivity contribution in [3.05, 3.63) is 58.3 Å². The molecule has 0 unspecified atom stereocenters. The molecule has 0 saturated heterocycles. The molecule has 3 aromatic rings. The first-order valence-corrected chi connectivity index (χ1v) is 9.87. The van der Waals surface area contributed by atoms with E-state index in [9.17, 15) is 9.18 Å². The van der Waals surface area contributed by atoms with Crippen LogP contribution < -0.4 is 4.90 Å². The van der Waals surface area contributed by atoms with Gasteiger partial charge in [0, 0.05) is 23.1 Å². The normalized spacial score (nSPS) is 11.3. The van der Waals surface area contributed by atoms with Gasteiger partial charge in [0.2, 0.25) is 5.91 Å². The summed E-state index contributed by atoms with van der Waals surface area (Å²) in [5, 5.41) is 0.695. The van der Waals surface area contributed by atoms with Crippen LogP contribution in [-0.2, 0) is 11.3 Å². The van der Waals surface area contributed by atoms with Gasteiger partial charge in [-0.05, 0) is 44.3 Å². The van der Waals surface area contributed by atoms with E-state index in [4.69, 9.17) is 0 Å². The number of halogens is 2. The van der Waals surface area contributed by atoms with Crippen molar-refractivity contribution in [1.82, 2.24) is 9.88 Å². The van der Waals surface area contributed by atoms with Crippen molar-refractivity contribution in [3.63, 3.8) is 0 Å². The number of nitrogens with zero attached hydrogens (tertiary/aromatic N) is 3. The van der Waals surface area contributed by atoms with Gasteiger partial charge in [-0.25, -0.2) is 9.37 Å². The molecule has 0 spiro atoms. The average Bonchev–Trinajstić information content (AvgIpc) is 3.02. The Labute approximate surface area is 164 Å². The molecule has 0 aliphatic rings. The van der Waals surface area contributed by atoms with Gasteiger partial charge in [-0.3, -0.25) is 14.6 Å². The molecule has 0 atom stereocenters. The molecule has 1 heterocycles. The van der Waals surface area contributed by atoms with E-state index in [-0.39, 0.29) is 18.3 Å². The number of benzene rings is 2. The number of carbonyl (C=O) groups is 1. The SMILES string of the molecule is CCN(C(=O)CN(C)Cc1cc(Br)ccc1F)c1nc2ccccc2s1. The monoisotopic (exact) mass is 435 g/mol. The maximum atomic E-state index is 13.9. The van der Waals surface area contributed by atoms with Crippen molar-refractivity contribution in [2.24, 2.45) is 0 Å². The van der Waals surface area contributed by atoms with E-state index >= 15 is 0 Å². The van der Waals surface area contributed by atoms with Crippen LogP contribution in [0.3, 0.4) is 0 Å². The lowest BCUT2D eigenvalue weighted by atomic mass is 10.2. The summed E-state index contributed by atoms with van der Waals surface area (Å²) in [6.45, 7) is 3.01. The van der Waals surface area contributed by atoms with E-state index in [0.717, 1.165) is 14.7 Å². The molecule has 1 aromatic heterocycles. The number of fused-ring (bicyclic) bond motifs is 1. The molecule has 7 heteroatoms. The predicted octanol–water partition coefficient (Wildman–Crippen LogP) is 4.68. The van der Waals surface area contributed by atoms with Gasteiger partial charge < -0.3 is 0 Å². The van der Waals surface area contributed by atoms with Crippen LogP contribution >= 0.6 is 27.3 Å². The molecule has 0 radical (unpaired) electrons. The zero-order valence-electron chi connectivity index (χ0n) is 14.6. The third kappa shape index (κ3) is 4.28. The van der Waals surface area contributed by atoms with Crippen molar-refractivity contribution >= 4 is 48.5 Å². The smallest absolute Gasteiger partial charge is 0.242 e. The van der Waals surface area contributed by atoms with E-state index in [1.54, 1.807) is 17.0 Å². The second-order valence-electron chi connectivity index (χ2n) is 6.01. The number of aromatic nitrogens is 1. The minimum Gasteiger partial charge on any atom is -0.293 e. The summed E-state index contributed by atoms with van der Waals surface area (Å²) in [7, 11) is 1.81. The molecule has 0 saturated carbocycles. The lowest BCUT2D eigenvalue weighted by Crippen LogP contribution is -2.38. The summed E-state index contributed by atoms with van der Waals surface area (Å²) in [5.74, 6) is -0.324. The molecular weight excluding hydrogens is 417 g/mol. The first kappa shape index (κ1) is 18.9. The van der Waals surface area contributed by atoms with Gasteiger partial charge >= 0.3 is 0 Å². The number of rotatable bonds is 6. The topological polar surface area (TPSA) is 36.4 Å². The zero-order valence-corrected chi connectivity index (χ0v) is 17.0. The second kappa shape index (κ2) is 8.24. The van der Waals surface area contributed by atoms with Gasteiger partial charge in [0.05, 0.1) is 16.8 Å². The largest absolute Gasteiger partial charge is 0.293 e. The van der Waals surface area contributed by atoms with Crippen LogP contribution in [0.1, 0.15) is 12.5 Å². The highest BCUT2D eigenvalue weighted by Crippen LogP contribution is 2.28. The summed E-state index contributed by atoms with van der Waals surface area (Å²) in [6, 6.07) is 12.7. The third-order valence-electron chi connectivity index (χ3n) is 3.98. The number of anilines is 1. The van der Waals surface area contributed by atoms with Crippen molar-refractivity contribution in [2.75, 3.05) is 25.0 Å². The minimum atomic E-state index is -0.272. The summed E-state index contributed by atoms with van der Waals surface area (Å²) >= 11 is 4.85. The summed E-state index contributed by atoms with van der Waals surface area (Å²) < 4.78 is 15.8. The quantitative estimate of drug-likeness (QED) is 0.563. The van der Waals surface area contributed by atoms with Gasteiger partial charge in [0.25, 0.3) is 0 Å². The van der Waals surface area contributed by atoms with Gasteiger partial charge in [-0.15, -0.1) is 0 Å². The van der Waals surface area contributed by atoms with Crippen LogP contribution in [0.2, 0.25) is 0 Å². The molecule has 0 bridgehead atoms. The molecule has 136 valence electrons. The highest BCUT2D eigenvalue weighted by Gasteiger charge is 2.20. The van der Waals surface area contributed by atoms with Crippen molar-refractivity contribution in [1.29, 1.82) is 0 Å². The number of thiazole rings is 1. The molecule has 0 aliphatic carbocycles. The van der Waals surface area contributed by atoms with E-state index < -0.39 is 0 Å². The van der Waals surface area contributed by atoms with Crippen molar-refractivity contribution < 1.29 is 9.18 Å². The molecule has 3 rings (SSSR count). The van der Waals surface area contributed by atoms with Gasteiger partial charge in [-0.2, -0.15) is 0 Å². The van der Waals surface area contributed by atoms with Crippen molar-refractivity contribution in [3.8, 4) is 0 Å². The Hall–Kier alpha value is -1.83. The summed E-state index contributed by atoms with van der Waals surface area (Å²) in [6.07, 6.45) is 0. The Bertz CT molecular complexity index is 897. The summed E-state index contributed by atoms with van der Waals surface area (Å²) in [4.78, 5) is 20.8. The highest BCUT2D eigenvalue weighted by molar-refractivity contribution is 9.10. The standard InChI is InChI=1S/C19H19BrFN3OS/c1-3-24(19-22-16-6-4-5-7-17(16)26-19)18(25)12-23(2)11-13-10-14(20)8-9-15(13)21/h4-10H,3,11-12H2,1-2H3. The molecule has 2 aromatic carbocycles. The van der Waals surface area contributed by atoms with Gasteiger partial charge in [0.15, 0.2) is 5.13 Å². The number of hydrogen-bond acceptors (Lipinski definition) is 4. The molecule has 1 amide bonds. The minimum absolute atomic E-state index is 0.0514. The van der Waals surface area contributed by atoms with Crippen LogP contribution in [0.4, 0.5) is 9.52 Å². The Kier molecular flexibility index (Phi) is 6.01. The predicted molar refractivity (Wildman–Crippen MR) is 108 cm³/mol. The molecule has 26 heavy (non-hydrogen) atoms. The molecule has 4 nitrogen and oxygen atoms in total. The number of amides is 1. The lowest BCUT2D eigenvalue weighted by Gasteiger charge is -2.22. The van der Waals surface area contributed by atoms with Crippen LogP contribution in [0, 0.1) is 5.82 Å². The molecule has 0 aliphatic heterocycles. The van der Waals surface area contributed by atoms with Crippen LogP contribution in [0.5, 0.6) is 0 Å². The molecule has 0 N–H and O–H groups in total. The Morgan fingerprint density at radius 1 is 1.27 bits per heavy atom. The maximum Gasteiger partial charge on any atom is 0.242 e. The maximum absolute atomic E-state index is 13.9. The second-order valence-corrected chi connectivity index (χ2v) is 7.93. The number of carbonyl (C=O) groups excluding carboxylic acids is 1. The first-order valence-electron chi connectivity index (χ1n) is 8.26. The van der Waals surface area contributed by atoms with Crippen molar-refractivity contribution in [2.45, 2.75) is 13.5 Å². The van der Waals surface area contributed by atoms with E-state index in [2.05, 4.69) is 20.9 Å². The fourth-order valence-electron chi connectivity index (χ4n) is 2.72. The lowest BCUT2D eigenvalue weighted by molar-refractivity contribution is -0.119. The molecular formula is C19H19BrFN3OS. The Morgan fingerprint density at radius 2 is 2.04 bits per heavy atom. The van der Waals surface area contributed by atoms with Crippen LogP contribution in [-0.4, -0.2) is 35.9 Å². The van der Waals surface area contributed by atoms with E-state index in [1.165, 1.54) is 17.4 Å². The number of likely N-dealkylation sites (N-methyl/N-ethyl adjacent to an activating group) is 2.